The molecule has 0 spiro atoms. The van der Waals surface area contributed by atoms with Gasteiger partial charge in [0.1, 0.15) is 10.6 Å². The maximum atomic E-state index is 12.5. The number of rotatable bonds is 7. The van der Waals surface area contributed by atoms with E-state index in [4.69, 9.17) is 4.74 Å². The molecule has 0 bridgehead atoms. The van der Waals surface area contributed by atoms with E-state index >= 15 is 0 Å². The van der Waals surface area contributed by atoms with Crippen LogP contribution < -0.4 is 15.4 Å². The molecule has 3 rings (SSSR count). The number of benzene rings is 1. The van der Waals surface area contributed by atoms with Crippen molar-refractivity contribution in [1.29, 1.82) is 0 Å². The molecule has 2 aromatic rings. The Hall–Kier alpha value is -1.89. The first-order valence-corrected chi connectivity index (χ1v) is 9.54. The van der Waals surface area contributed by atoms with Crippen LogP contribution in [0.2, 0.25) is 0 Å². The first-order chi connectivity index (χ1) is 12.3. The number of methoxy groups -OCH3 is 1. The normalized spacial score (nSPS) is 15.1. The summed E-state index contributed by atoms with van der Waals surface area (Å²) >= 11 is 1.48. The molecular formula is C19H25N3O2S. The van der Waals surface area contributed by atoms with Gasteiger partial charge in [0.15, 0.2) is 0 Å². The van der Waals surface area contributed by atoms with Gasteiger partial charge >= 0.3 is 0 Å². The van der Waals surface area contributed by atoms with E-state index in [9.17, 15) is 4.79 Å². The lowest BCUT2D eigenvalue weighted by Crippen LogP contribution is -2.44. The number of ether oxygens (including phenoxy) is 1. The highest BCUT2D eigenvalue weighted by Gasteiger charge is 2.18. The average Bonchev–Trinajstić information content (AvgIpc) is 3.11. The van der Waals surface area contributed by atoms with E-state index < -0.39 is 0 Å². The molecule has 2 N–H and O–H groups in total. The van der Waals surface area contributed by atoms with Gasteiger partial charge in [0, 0.05) is 37.6 Å². The highest BCUT2D eigenvalue weighted by atomic mass is 32.1. The molecule has 2 heterocycles. The summed E-state index contributed by atoms with van der Waals surface area (Å²) in [5, 5.41) is 6.38. The fourth-order valence-electron chi connectivity index (χ4n) is 2.95. The first-order valence-electron chi connectivity index (χ1n) is 8.72. The highest BCUT2D eigenvalue weighted by Crippen LogP contribution is 2.36. The third-order valence-corrected chi connectivity index (χ3v) is 5.49. The van der Waals surface area contributed by atoms with Crippen molar-refractivity contribution in [3.05, 3.63) is 41.3 Å². The molecular weight excluding hydrogens is 334 g/mol. The molecule has 25 heavy (non-hydrogen) atoms. The Labute approximate surface area is 153 Å². The van der Waals surface area contributed by atoms with Gasteiger partial charge in [-0.05, 0) is 24.6 Å². The first kappa shape index (κ1) is 17.9. The van der Waals surface area contributed by atoms with Crippen LogP contribution in [0.3, 0.4) is 0 Å². The van der Waals surface area contributed by atoms with Gasteiger partial charge < -0.3 is 20.3 Å². The molecule has 1 fully saturated rings. The monoisotopic (exact) mass is 359 g/mol. The summed E-state index contributed by atoms with van der Waals surface area (Å²) in [5.74, 6) is 0.591. The van der Waals surface area contributed by atoms with Crippen LogP contribution in [0.4, 0.5) is 0 Å². The van der Waals surface area contributed by atoms with E-state index in [-0.39, 0.29) is 5.91 Å². The second-order valence-electron chi connectivity index (χ2n) is 6.08. The zero-order valence-electron chi connectivity index (χ0n) is 14.6. The zero-order valence-corrected chi connectivity index (χ0v) is 15.4. The summed E-state index contributed by atoms with van der Waals surface area (Å²) in [6, 6.07) is 12.0. The molecule has 1 aromatic heterocycles. The summed E-state index contributed by atoms with van der Waals surface area (Å²) in [6.45, 7) is 6.01. The molecule has 0 saturated carbocycles. The van der Waals surface area contributed by atoms with Crippen molar-refractivity contribution in [3.63, 3.8) is 0 Å². The zero-order chi connectivity index (χ0) is 17.5. The summed E-state index contributed by atoms with van der Waals surface area (Å²) in [6.07, 6.45) is 0.963. The second-order valence-corrected chi connectivity index (χ2v) is 7.13. The molecule has 6 heteroatoms. The number of carbonyl (C=O) groups excluding carboxylic acids is 1. The van der Waals surface area contributed by atoms with E-state index in [1.165, 1.54) is 11.3 Å². The van der Waals surface area contributed by atoms with Gasteiger partial charge in [0.2, 0.25) is 0 Å². The second kappa shape index (κ2) is 8.99. The SMILES string of the molecule is COc1cc(-c2ccccc2)sc1C(=O)NCCCN1CCNCC1. The number of carbonyl (C=O) groups is 1. The van der Waals surface area contributed by atoms with E-state index in [2.05, 4.69) is 15.5 Å². The predicted molar refractivity (Wildman–Crippen MR) is 103 cm³/mol. The van der Waals surface area contributed by atoms with Crippen LogP contribution in [0.5, 0.6) is 5.75 Å². The van der Waals surface area contributed by atoms with Crippen molar-refractivity contribution in [2.24, 2.45) is 0 Å². The topological polar surface area (TPSA) is 53.6 Å². The minimum absolute atomic E-state index is 0.0515. The van der Waals surface area contributed by atoms with Crippen LogP contribution >= 0.6 is 11.3 Å². The lowest BCUT2D eigenvalue weighted by atomic mass is 10.2. The fraction of sp³-hybridized carbons (Fsp3) is 0.421. The van der Waals surface area contributed by atoms with Crippen LogP contribution in [0.25, 0.3) is 10.4 Å². The van der Waals surface area contributed by atoms with E-state index in [0.717, 1.165) is 49.6 Å². The van der Waals surface area contributed by atoms with Crippen molar-refractivity contribution in [1.82, 2.24) is 15.5 Å². The molecule has 1 aliphatic rings. The minimum Gasteiger partial charge on any atom is -0.495 e. The maximum Gasteiger partial charge on any atom is 0.265 e. The van der Waals surface area contributed by atoms with Crippen molar-refractivity contribution < 1.29 is 9.53 Å². The van der Waals surface area contributed by atoms with E-state index in [1.54, 1.807) is 7.11 Å². The lowest BCUT2D eigenvalue weighted by molar-refractivity contribution is 0.0952. The molecule has 1 saturated heterocycles. The van der Waals surface area contributed by atoms with Gasteiger partial charge in [-0.2, -0.15) is 0 Å². The van der Waals surface area contributed by atoms with Crippen molar-refractivity contribution in [2.75, 3.05) is 46.4 Å². The van der Waals surface area contributed by atoms with E-state index in [0.29, 0.717) is 17.2 Å². The summed E-state index contributed by atoms with van der Waals surface area (Å²) in [7, 11) is 1.61. The van der Waals surface area contributed by atoms with E-state index in [1.807, 2.05) is 36.4 Å². The Kier molecular flexibility index (Phi) is 6.44. The molecule has 0 unspecified atom stereocenters. The Morgan fingerprint density at radius 1 is 1.28 bits per heavy atom. The number of amides is 1. The Morgan fingerprint density at radius 2 is 2.04 bits per heavy atom. The number of hydrogen-bond acceptors (Lipinski definition) is 5. The molecule has 134 valence electrons. The van der Waals surface area contributed by atoms with Gasteiger partial charge in [0.25, 0.3) is 5.91 Å². The Morgan fingerprint density at radius 3 is 2.76 bits per heavy atom. The highest BCUT2D eigenvalue weighted by molar-refractivity contribution is 7.17. The molecule has 1 aromatic carbocycles. The van der Waals surface area contributed by atoms with Crippen molar-refractivity contribution >= 4 is 17.2 Å². The third kappa shape index (κ3) is 4.81. The van der Waals surface area contributed by atoms with Gasteiger partial charge in [-0.1, -0.05) is 30.3 Å². The Bertz CT molecular complexity index is 681. The molecule has 0 radical (unpaired) electrons. The molecule has 5 nitrogen and oxygen atoms in total. The third-order valence-electron chi connectivity index (χ3n) is 4.33. The standard InChI is InChI=1S/C19H25N3O2S/c1-24-16-14-17(15-6-3-2-4-7-15)25-18(16)19(23)21-8-5-11-22-12-9-20-10-13-22/h2-4,6-7,14,20H,5,8-13H2,1H3,(H,21,23). The van der Waals surface area contributed by atoms with Crippen LogP contribution in [0.1, 0.15) is 16.1 Å². The van der Waals surface area contributed by atoms with Crippen LogP contribution in [0, 0.1) is 0 Å². The van der Waals surface area contributed by atoms with Gasteiger partial charge in [-0.15, -0.1) is 11.3 Å². The minimum atomic E-state index is -0.0515. The number of hydrogen-bond donors (Lipinski definition) is 2. The average molecular weight is 359 g/mol. The molecule has 0 aliphatic carbocycles. The largest absolute Gasteiger partial charge is 0.495 e. The van der Waals surface area contributed by atoms with Crippen molar-refractivity contribution in [3.8, 4) is 16.2 Å². The van der Waals surface area contributed by atoms with Gasteiger partial charge in [0.05, 0.1) is 7.11 Å². The quantitative estimate of drug-likeness (QED) is 0.746. The fourth-order valence-corrected chi connectivity index (χ4v) is 4.00. The van der Waals surface area contributed by atoms with Crippen molar-refractivity contribution in [2.45, 2.75) is 6.42 Å². The number of piperazine rings is 1. The number of nitrogens with one attached hydrogen (secondary N) is 2. The number of nitrogens with zero attached hydrogens (tertiary/aromatic N) is 1. The smallest absolute Gasteiger partial charge is 0.265 e. The molecule has 1 amide bonds. The molecule has 1 aliphatic heterocycles. The molecule has 0 atom stereocenters. The number of thiophene rings is 1. The predicted octanol–water partition coefficient (Wildman–Crippen LogP) is 2.45. The summed E-state index contributed by atoms with van der Waals surface area (Å²) in [4.78, 5) is 16.6. The summed E-state index contributed by atoms with van der Waals surface area (Å²) < 4.78 is 5.40. The van der Waals surface area contributed by atoms with Gasteiger partial charge in [-0.3, -0.25) is 4.79 Å². The lowest BCUT2D eigenvalue weighted by Gasteiger charge is -2.27. The van der Waals surface area contributed by atoms with Crippen LogP contribution in [0.15, 0.2) is 36.4 Å². The maximum absolute atomic E-state index is 12.5. The van der Waals surface area contributed by atoms with Crippen LogP contribution in [-0.4, -0.2) is 57.2 Å². The van der Waals surface area contributed by atoms with Crippen LogP contribution in [-0.2, 0) is 0 Å². The summed E-state index contributed by atoms with van der Waals surface area (Å²) in [5.41, 5.74) is 1.10. The Balaban J connectivity index is 1.55. The van der Waals surface area contributed by atoms with Gasteiger partial charge in [-0.25, -0.2) is 0 Å².